The molecule has 4 heteroatoms. The maximum absolute atomic E-state index is 12.9. The summed E-state index contributed by atoms with van der Waals surface area (Å²) in [5, 5.41) is 4.84. The van der Waals surface area contributed by atoms with Gasteiger partial charge in [-0.25, -0.2) is 4.68 Å². The second-order valence-corrected chi connectivity index (χ2v) is 7.02. The Morgan fingerprint density at radius 1 is 0.828 bits per heavy atom. The average molecular weight is 377 g/mol. The average Bonchev–Trinajstić information content (AvgIpc) is 3.31. The third kappa shape index (κ3) is 2.95. The zero-order chi connectivity index (χ0) is 19.8. The zero-order valence-corrected chi connectivity index (χ0v) is 16.0. The van der Waals surface area contributed by atoms with Crippen LogP contribution in [0.15, 0.2) is 91.1 Å². The smallest absolute Gasteiger partial charge is 0.258 e. The molecule has 0 spiro atoms. The molecule has 0 atom stereocenters. The monoisotopic (exact) mass is 377 g/mol. The number of hydrogen-bond acceptors (Lipinski definition) is 2. The molecule has 2 heterocycles. The van der Waals surface area contributed by atoms with Gasteiger partial charge in [-0.15, -0.1) is 0 Å². The second kappa shape index (κ2) is 6.91. The van der Waals surface area contributed by atoms with Crippen molar-refractivity contribution in [3.8, 4) is 16.9 Å². The van der Waals surface area contributed by atoms with Crippen LogP contribution in [-0.2, 0) is 4.79 Å². The molecule has 0 N–H and O–H groups in total. The number of carbonyl (C=O) groups is 1. The van der Waals surface area contributed by atoms with E-state index >= 15 is 0 Å². The number of aromatic nitrogens is 2. The maximum atomic E-state index is 12.9. The van der Waals surface area contributed by atoms with Crippen LogP contribution in [0.25, 0.3) is 28.6 Å². The minimum Gasteiger partial charge on any atom is -0.311 e. The number of rotatable bonds is 3. The summed E-state index contributed by atoms with van der Waals surface area (Å²) in [6.07, 6.45) is 3.94. The summed E-state index contributed by atoms with van der Waals surface area (Å²) in [6, 6.07) is 27.9. The van der Waals surface area contributed by atoms with E-state index in [1.165, 1.54) is 0 Å². The van der Waals surface area contributed by atoms with E-state index in [0.717, 1.165) is 33.8 Å². The highest BCUT2D eigenvalue weighted by molar-refractivity contribution is 6.35. The number of benzene rings is 3. The first kappa shape index (κ1) is 17.2. The minimum absolute atomic E-state index is 0.00215. The standard InChI is InChI=1S/C25H19N3O/c1-27-23-15-9-8-14-21(23)22(25(27)29)16-19-17-28(20-12-6-3-7-13-20)26-24(19)18-10-4-2-5-11-18/h2-17H,1H3/b22-16-. The molecule has 5 rings (SSSR count). The van der Waals surface area contributed by atoms with E-state index in [0.29, 0.717) is 5.57 Å². The molecule has 0 saturated carbocycles. The highest BCUT2D eigenvalue weighted by Gasteiger charge is 2.29. The Morgan fingerprint density at radius 2 is 1.48 bits per heavy atom. The number of fused-ring (bicyclic) bond motifs is 1. The third-order valence-electron chi connectivity index (χ3n) is 5.20. The van der Waals surface area contributed by atoms with Crippen molar-refractivity contribution in [3.05, 3.63) is 102 Å². The number of hydrogen-bond donors (Lipinski definition) is 0. The normalized spacial score (nSPS) is 14.4. The summed E-state index contributed by atoms with van der Waals surface area (Å²) in [4.78, 5) is 14.6. The molecule has 0 aliphatic carbocycles. The molecule has 1 aliphatic rings. The Kier molecular flexibility index (Phi) is 4.10. The zero-order valence-electron chi connectivity index (χ0n) is 16.0. The van der Waals surface area contributed by atoms with Crippen LogP contribution in [0.2, 0.25) is 0 Å². The van der Waals surface area contributed by atoms with Gasteiger partial charge >= 0.3 is 0 Å². The number of carbonyl (C=O) groups excluding carboxylic acids is 1. The minimum atomic E-state index is -0.00215. The van der Waals surface area contributed by atoms with Gasteiger partial charge in [-0.3, -0.25) is 4.79 Å². The highest BCUT2D eigenvalue weighted by Crippen LogP contribution is 2.37. The lowest BCUT2D eigenvalue weighted by molar-refractivity contribution is -0.112. The number of para-hydroxylation sites is 2. The fourth-order valence-electron chi connectivity index (χ4n) is 3.72. The first-order valence-corrected chi connectivity index (χ1v) is 9.52. The molecule has 4 aromatic rings. The van der Waals surface area contributed by atoms with Crippen molar-refractivity contribution in [1.29, 1.82) is 0 Å². The van der Waals surface area contributed by atoms with Crippen LogP contribution < -0.4 is 4.90 Å². The van der Waals surface area contributed by atoms with Crippen LogP contribution in [0, 0.1) is 0 Å². The lowest BCUT2D eigenvalue weighted by Gasteiger charge is -2.07. The molecular formula is C25H19N3O. The Bertz CT molecular complexity index is 1220. The molecule has 140 valence electrons. The molecule has 29 heavy (non-hydrogen) atoms. The predicted octanol–water partition coefficient (Wildman–Crippen LogP) is 5.06. The van der Waals surface area contributed by atoms with Crippen LogP contribution in [-0.4, -0.2) is 22.7 Å². The summed E-state index contributed by atoms with van der Waals surface area (Å²) in [6.45, 7) is 0. The maximum Gasteiger partial charge on any atom is 0.258 e. The van der Waals surface area contributed by atoms with Gasteiger partial charge in [0.25, 0.3) is 5.91 Å². The molecule has 3 aromatic carbocycles. The quantitative estimate of drug-likeness (QED) is 0.468. The van der Waals surface area contributed by atoms with Crippen molar-refractivity contribution in [2.24, 2.45) is 0 Å². The Labute approximate surface area is 169 Å². The van der Waals surface area contributed by atoms with Crippen molar-refractivity contribution >= 4 is 23.2 Å². The fraction of sp³-hybridized carbons (Fsp3) is 0.0400. The van der Waals surface area contributed by atoms with Crippen molar-refractivity contribution in [2.75, 3.05) is 11.9 Å². The van der Waals surface area contributed by atoms with Crippen LogP contribution in [0.4, 0.5) is 5.69 Å². The van der Waals surface area contributed by atoms with Gasteiger partial charge < -0.3 is 4.90 Å². The topological polar surface area (TPSA) is 38.1 Å². The molecule has 1 aromatic heterocycles. The molecule has 0 bridgehead atoms. The first-order chi connectivity index (χ1) is 14.2. The Balaban J connectivity index is 1.70. The van der Waals surface area contributed by atoms with E-state index in [1.807, 2.05) is 109 Å². The molecular weight excluding hydrogens is 358 g/mol. The van der Waals surface area contributed by atoms with Gasteiger partial charge in [-0.2, -0.15) is 5.10 Å². The van der Waals surface area contributed by atoms with Crippen molar-refractivity contribution in [2.45, 2.75) is 0 Å². The molecule has 4 nitrogen and oxygen atoms in total. The lowest BCUT2D eigenvalue weighted by atomic mass is 10.0. The predicted molar refractivity (Wildman–Crippen MR) is 117 cm³/mol. The van der Waals surface area contributed by atoms with Crippen LogP contribution >= 0.6 is 0 Å². The first-order valence-electron chi connectivity index (χ1n) is 9.52. The van der Waals surface area contributed by atoms with E-state index in [9.17, 15) is 4.79 Å². The summed E-state index contributed by atoms with van der Waals surface area (Å²) in [7, 11) is 1.81. The van der Waals surface area contributed by atoms with Crippen LogP contribution in [0.3, 0.4) is 0 Å². The van der Waals surface area contributed by atoms with Gasteiger partial charge in [0, 0.05) is 35.5 Å². The molecule has 1 aliphatic heterocycles. The van der Waals surface area contributed by atoms with Crippen LogP contribution in [0.5, 0.6) is 0 Å². The molecule has 0 unspecified atom stereocenters. The summed E-state index contributed by atoms with van der Waals surface area (Å²) in [5.74, 6) is -0.00215. The van der Waals surface area contributed by atoms with Gasteiger partial charge in [0.15, 0.2) is 0 Å². The SMILES string of the molecule is CN1C(=O)/C(=C\c2cn(-c3ccccc3)nc2-c2ccccc2)c2ccccc21. The summed E-state index contributed by atoms with van der Waals surface area (Å²) in [5.41, 5.74) is 6.32. The van der Waals surface area contributed by atoms with Crippen LogP contribution in [0.1, 0.15) is 11.1 Å². The van der Waals surface area contributed by atoms with Gasteiger partial charge in [-0.1, -0.05) is 66.7 Å². The van der Waals surface area contributed by atoms with E-state index in [-0.39, 0.29) is 5.91 Å². The fourth-order valence-corrected chi connectivity index (χ4v) is 3.72. The van der Waals surface area contributed by atoms with E-state index in [2.05, 4.69) is 0 Å². The van der Waals surface area contributed by atoms with Crippen molar-refractivity contribution < 1.29 is 4.79 Å². The Hall–Kier alpha value is -3.92. The summed E-state index contributed by atoms with van der Waals surface area (Å²) >= 11 is 0. The van der Waals surface area contributed by atoms with Gasteiger partial charge in [0.1, 0.15) is 0 Å². The van der Waals surface area contributed by atoms with E-state index in [1.54, 1.807) is 4.90 Å². The molecule has 0 saturated heterocycles. The second-order valence-electron chi connectivity index (χ2n) is 7.02. The molecule has 0 radical (unpaired) electrons. The molecule has 1 amide bonds. The highest BCUT2D eigenvalue weighted by atomic mass is 16.2. The number of amides is 1. The van der Waals surface area contributed by atoms with E-state index in [4.69, 9.17) is 5.10 Å². The molecule has 0 fully saturated rings. The largest absolute Gasteiger partial charge is 0.311 e. The van der Waals surface area contributed by atoms with Crippen molar-refractivity contribution in [1.82, 2.24) is 9.78 Å². The number of nitrogens with zero attached hydrogens (tertiary/aromatic N) is 3. The van der Waals surface area contributed by atoms with Gasteiger partial charge in [0.05, 0.1) is 17.1 Å². The van der Waals surface area contributed by atoms with E-state index < -0.39 is 0 Å². The van der Waals surface area contributed by atoms with Gasteiger partial charge in [0.2, 0.25) is 0 Å². The number of anilines is 1. The lowest BCUT2D eigenvalue weighted by Crippen LogP contribution is -2.20. The third-order valence-corrected chi connectivity index (χ3v) is 5.20. The summed E-state index contributed by atoms with van der Waals surface area (Å²) < 4.78 is 1.86. The van der Waals surface area contributed by atoms with Crippen molar-refractivity contribution in [3.63, 3.8) is 0 Å². The Morgan fingerprint density at radius 3 is 2.24 bits per heavy atom. The van der Waals surface area contributed by atoms with Gasteiger partial charge in [-0.05, 0) is 24.3 Å². The number of likely N-dealkylation sites (N-methyl/N-ethyl adjacent to an activating group) is 1.